The standard InChI is InChI=1S/C17H15FN4O/c18-14-6-4-13(5-7-14)11-22-9-8-21(12-17(22)23)16-3-1-2-15(10-19)20-16/h1-7H,8-9,11-12H2. The fraction of sp³-hybridized carbons (Fsp3) is 0.235. The van der Waals surface area contributed by atoms with Crippen molar-refractivity contribution >= 4 is 11.7 Å². The Morgan fingerprint density at radius 3 is 2.65 bits per heavy atom. The zero-order valence-corrected chi connectivity index (χ0v) is 12.4. The van der Waals surface area contributed by atoms with Gasteiger partial charge in [-0.15, -0.1) is 0 Å². The molecule has 1 saturated heterocycles. The van der Waals surface area contributed by atoms with E-state index >= 15 is 0 Å². The van der Waals surface area contributed by atoms with E-state index in [1.54, 1.807) is 35.2 Å². The molecule has 1 aliphatic heterocycles. The van der Waals surface area contributed by atoms with Crippen LogP contribution < -0.4 is 4.90 Å². The van der Waals surface area contributed by atoms with Crippen LogP contribution >= 0.6 is 0 Å². The number of piperazine rings is 1. The maximum absolute atomic E-state index is 12.9. The number of pyridine rings is 1. The number of aromatic nitrogens is 1. The average molecular weight is 310 g/mol. The number of carbonyl (C=O) groups is 1. The number of rotatable bonds is 3. The number of nitriles is 1. The Bertz CT molecular complexity index is 754. The lowest BCUT2D eigenvalue weighted by molar-refractivity contribution is -0.131. The lowest BCUT2D eigenvalue weighted by Crippen LogP contribution is -2.50. The highest BCUT2D eigenvalue weighted by atomic mass is 19.1. The van der Waals surface area contributed by atoms with E-state index in [1.807, 2.05) is 11.0 Å². The summed E-state index contributed by atoms with van der Waals surface area (Å²) in [7, 11) is 0. The molecule has 1 amide bonds. The molecular formula is C17H15FN4O. The summed E-state index contributed by atoms with van der Waals surface area (Å²) in [5.41, 5.74) is 1.24. The van der Waals surface area contributed by atoms with Gasteiger partial charge < -0.3 is 9.80 Å². The zero-order valence-electron chi connectivity index (χ0n) is 12.4. The van der Waals surface area contributed by atoms with Crippen LogP contribution in [-0.4, -0.2) is 35.4 Å². The van der Waals surface area contributed by atoms with E-state index in [4.69, 9.17) is 5.26 Å². The third kappa shape index (κ3) is 3.46. The fourth-order valence-corrected chi connectivity index (χ4v) is 2.54. The van der Waals surface area contributed by atoms with Gasteiger partial charge in [0.25, 0.3) is 0 Å². The molecule has 2 heterocycles. The Morgan fingerprint density at radius 1 is 1.17 bits per heavy atom. The SMILES string of the molecule is N#Cc1cccc(N2CCN(Cc3ccc(F)cc3)C(=O)C2)n1. The van der Waals surface area contributed by atoms with Crippen LogP contribution in [0.15, 0.2) is 42.5 Å². The lowest BCUT2D eigenvalue weighted by atomic mass is 10.2. The molecule has 0 radical (unpaired) electrons. The number of carbonyl (C=O) groups excluding carboxylic acids is 1. The van der Waals surface area contributed by atoms with E-state index < -0.39 is 0 Å². The van der Waals surface area contributed by atoms with Crippen molar-refractivity contribution in [3.63, 3.8) is 0 Å². The Labute approximate surface area is 133 Å². The number of nitrogens with zero attached hydrogens (tertiary/aromatic N) is 4. The predicted octanol–water partition coefficient (Wildman–Crippen LogP) is 1.94. The molecule has 5 nitrogen and oxygen atoms in total. The summed E-state index contributed by atoms with van der Waals surface area (Å²) in [4.78, 5) is 20.2. The zero-order chi connectivity index (χ0) is 16.2. The molecule has 1 aliphatic rings. The van der Waals surface area contributed by atoms with Crippen LogP contribution in [0.2, 0.25) is 0 Å². The molecule has 23 heavy (non-hydrogen) atoms. The van der Waals surface area contributed by atoms with Gasteiger partial charge in [-0.25, -0.2) is 9.37 Å². The van der Waals surface area contributed by atoms with Gasteiger partial charge in [-0.2, -0.15) is 5.26 Å². The second-order valence-corrected chi connectivity index (χ2v) is 5.36. The second-order valence-electron chi connectivity index (χ2n) is 5.36. The van der Waals surface area contributed by atoms with Gasteiger partial charge in [0.15, 0.2) is 0 Å². The van der Waals surface area contributed by atoms with Crippen LogP contribution in [0, 0.1) is 17.1 Å². The first-order chi connectivity index (χ1) is 11.2. The van der Waals surface area contributed by atoms with Gasteiger partial charge in [-0.05, 0) is 29.8 Å². The van der Waals surface area contributed by atoms with Crippen LogP contribution in [0.5, 0.6) is 0 Å². The minimum absolute atomic E-state index is 0.00950. The van der Waals surface area contributed by atoms with Crippen LogP contribution in [0.1, 0.15) is 11.3 Å². The summed E-state index contributed by atoms with van der Waals surface area (Å²) in [6, 6.07) is 13.4. The minimum atomic E-state index is -0.284. The molecule has 0 saturated carbocycles. The first-order valence-corrected chi connectivity index (χ1v) is 7.30. The monoisotopic (exact) mass is 310 g/mol. The van der Waals surface area contributed by atoms with E-state index in [2.05, 4.69) is 4.98 Å². The van der Waals surface area contributed by atoms with Crippen molar-refractivity contribution in [3.8, 4) is 6.07 Å². The number of benzene rings is 1. The molecule has 3 rings (SSSR count). The van der Waals surface area contributed by atoms with Crippen LogP contribution in [0.3, 0.4) is 0 Å². The Balaban J connectivity index is 1.66. The van der Waals surface area contributed by atoms with Crippen molar-refractivity contribution in [1.82, 2.24) is 9.88 Å². The van der Waals surface area contributed by atoms with Gasteiger partial charge in [-0.3, -0.25) is 4.79 Å². The smallest absolute Gasteiger partial charge is 0.242 e. The van der Waals surface area contributed by atoms with Crippen LogP contribution in [0.4, 0.5) is 10.2 Å². The van der Waals surface area contributed by atoms with E-state index in [1.165, 1.54) is 12.1 Å². The number of halogens is 1. The van der Waals surface area contributed by atoms with Gasteiger partial charge in [0.05, 0.1) is 6.54 Å². The number of hydrogen-bond donors (Lipinski definition) is 0. The summed E-state index contributed by atoms with van der Waals surface area (Å²) in [5, 5.41) is 8.91. The maximum Gasteiger partial charge on any atom is 0.242 e. The van der Waals surface area contributed by atoms with Gasteiger partial charge in [0, 0.05) is 19.6 Å². The van der Waals surface area contributed by atoms with E-state index in [9.17, 15) is 9.18 Å². The third-order valence-electron chi connectivity index (χ3n) is 3.78. The van der Waals surface area contributed by atoms with Crippen LogP contribution in [0.25, 0.3) is 0 Å². The molecular weight excluding hydrogens is 295 g/mol. The lowest BCUT2D eigenvalue weighted by Gasteiger charge is -2.35. The molecule has 0 bridgehead atoms. The van der Waals surface area contributed by atoms with E-state index in [0.717, 1.165) is 5.56 Å². The summed E-state index contributed by atoms with van der Waals surface area (Å²) in [5.74, 6) is 0.344. The molecule has 0 unspecified atom stereocenters. The number of amides is 1. The highest BCUT2D eigenvalue weighted by Crippen LogP contribution is 2.16. The van der Waals surface area contributed by atoms with Gasteiger partial charge in [-0.1, -0.05) is 18.2 Å². The molecule has 1 fully saturated rings. The molecule has 116 valence electrons. The normalized spacial score (nSPS) is 14.7. The Morgan fingerprint density at radius 2 is 1.96 bits per heavy atom. The summed E-state index contributed by atoms with van der Waals surface area (Å²) in [6.45, 7) is 1.91. The summed E-state index contributed by atoms with van der Waals surface area (Å²) in [6.07, 6.45) is 0. The molecule has 0 atom stereocenters. The fourth-order valence-electron chi connectivity index (χ4n) is 2.54. The predicted molar refractivity (Wildman–Crippen MR) is 83.0 cm³/mol. The average Bonchev–Trinajstić information content (AvgIpc) is 2.58. The van der Waals surface area contributed by atoms with Crippen molar-refractivity contribution < 1.29 is 9.18 Å². The van der Waals surface area contributed by atoms with Gasteiger partial charge in [0.1, 0.15) is 23.4 Å². The topological polar surface area (TPSA) is 60.2 Å². The molecule has 1 aromatic heterocycles. The van der Waals surface area contributed by atoms with Crippen molar-refractivity contribution in [1.29, 1.82) is 5.26 Å². The molecule has 0 aliphatic carbocycles. The Hall–Kier alpha value is -2.94. The van der Waals surface area contributed by atoms with Crippen molar-refractivity contribution in [2.75, 3.05) is 24.5 Å². The van der Waals surface area contributed by atoms with E-state index in [-0.39, 0.29) is 18.3 Å². The first-order valence-electron chi connectivity index (χ1n) is 7.30. The quantitative estimate of drug-likeness (QED) is 0.869. The Kier molecular flexibility index (Phi) is 4.20. The largest absolute Gasteiger partial charge is 0.345 e. The van der Waals surface area contributed by atoms with Gasteiger partial charge in [0.2, 0.25) is 5.91 Å². The second kappa shape index (κ2) is 6.44. The molecule has 2 aromatic rings. The summed E-state index contributed by atoms with van der Waals surface area (Å²) < 4.78 is 12.9. The van der Waals surface area contributed by atoms with Crippen molar-refractivity contribution in [3.05, 3.63) is 59.5 Å². The third-order valence-corrected chi connectivity index (χ3v) is 3.78. The van der Waals surface area contributed by atoms with Crippen molar-refractivity contribution in [2.45, 2.75) is 6.54 Å². The molecule has 1 aromatic carbocycles. The first kappa shape index (κ1) is 15.0. The summed E-state index contributed by atoms with van der Waals surface area (Å²) >= 11 is 0. The minimum Gasteiger partial charge on any atom is -0.345 e. The highest BCUT2D eigenvalue weighted by molar-refractivity contribution is 5.82. The molecule has 6 heteroatoms. The molecule has 0 spiro atoms. The molecule has 0 N–H and O–H groups in total. The highest BCUT2D eigenvalue weighted by Gasteiger charge is 2.24. The number of anilines is 1. The van der Waals surface area contributed by atoms with E-state index in [0.29, 0.717) is 31.1 Å². The van der Waals surface area contributed by atoms with Crippen molar-refractivity contribution in [2.24, 2.45) is 0 Å². The van der Waals surface area contributed by atoms with Gasteiger partial charge >= 0.3 is 0 Å². The number of hydrogen-bond acceptors (Lipinski definition) is 4. The van der Waals surface area contributed by atoms with Crippen LogP contribution in [-0.2, 0) is 11.3 Å². The maximum atomic E-state index is 12.9.